The second-order valence-electron chi connectivity index (χ2n) is 8.19. The van der Waals surface area contributed by atoms with E-state index in [0.717, 1.165) is 35.8 Å². The molecule has 0 amide bonds. The van der Waals surface area contributed by atoms with Crippen molar-refractivity contribution in [2.75, 3.05) is 7.05 Å². The van der Waals surface area contributed by atoms with Gasteiger partial charge in [-0.05, 0) is 58.0 Å². The second kappa shape index (κ2) is 12.5. The fraction of sp³-hybridized carbons (Fsp3) is 0.391. The van der Waals surface area contributed by atoms with Crippen LogP contribution in [-0.4, -0.2) is 61.4 Å². The number of hydrogen-bond donors (Lipinski definition) is 3. The number of fused-ring (bicyclic) bond motifs is 1. The van der Waals surface area contributed by atoms with Crippen LogP contribution in [0, 0.1) is 27.7 Å². The molecule has 0 saturated carbocycles. The lowest BCUT2D eigenvalue weighted by Crippen LogP contribution is -2.21. The minimum absolute atomic E-state index is 0.807. The van der Waals surface area contributed by atoms with E-state index >= 15 is 0 Å². The molecule has 14 heteroatoms. The molecule has 2 aromatic heterocycles. The Morgan fingerprint density at radius 3 is 1.86 bits per heavy atom. The Morgan fingerprint density at radius 2 is 1.43 bits per heavy atom. The third-order valence-corrected chi connectivity index (χ3v) is 4.56. The molecule has 204 valence electrons. The van der Waals surface area contributed by atoms with Gasteiger partial charge in [-0.3, -0.25) is 9.88 Å². The number of aliphatic carboxylic acids is 2. The molecule has 2 heterocycles. The maximum atomic E-state index is 10.6. The molecule has 0 spiro atoms. The van der Waals surface area contributed by atoms with Crippen molar-refractivity contribution in [3.8, 4) is 0 Å². The van der Waals surface area contributed by atoms with E-state index in [1.807, 2.05) is 13.1 Å². The van der Waals surface area contributed by atoms with E-state index in [-0.39, 0.29) is 0 Å². The van der Waals surface area contributed by atoms with Crippen molar-refractivity contribution < 1.29 is 46.1 Å². The fourth-order valence-electron chi connectivity index (χ4n) is 3.17. The van der Waals surface area contributed by atoms with Gasteiger partial charge in [0.05, 0.1) is 12.1 Å². The fourth-order valence-corrected chi connectivity index (χ4v) is 3.17. The van der Waals surface area contributed by atoms with Crippen molar-refractivity contribution in [2.24, 2.45) is 0 Å². The third-order valence-electron chi connectivity index (χ3n) is 4.56. The highest BCUT2D eigenvalue weighted by atomic mass is 19.4. The smallest absolute Gasteiger partial charge is 0.475 e. The molecular formula is C23H26F6N4O4. The number of carboxylic acid groups (broad SMARTS) is 2. The van der Waals surface area contributed by atoms with E-state index in [2.05, 4.69) is 60.9 Å². The standard InChI is InChI=1S/C19H24N4.2C2HF3O2/c1-12-6-13(2)19-17(7-12)16(8-14(3)22-19)10-23(5)11-18-20-9-15(4)21-18;2*3-2(4,5)1(6)7/h6-9H,10-11H2,1-5H3,(H,20,21);2*(H,6,7). The van der Waals surface area contributed by atoms with Gasteiger partial charge in [0.2, 0.25) is 0 Å². The Kier molecular flexibility index (Phi) is 10.6. The number of pyridine rings is 1. The van der Waals surface area contributed by atoms with Crippen molar-refractivity contribution in [1.82, 2.24) is 19.9 Å². The van der Waals surface area contributed by atoms with Crippen LogP contribution in [0.15, 0.2) is 24.4 Å². The summed E-state index contributed by atoms with van der Waals surface area (Å²) in [7, 11) is 2.13. The summed E-state index contributed by atoms with van der Waals surface area (Å²) in [5.74, 6) is -4.51. The summed E-state index contributed by atoms with van der Waals surface area (Å²) < 4.78 is 63.5. The molecule has 1 aromatic carbocycles. The molecule has 0 aliphatic heterocycles. The molecule has 37 heavy (non-hydrogen) atoms. The molecule has 0 aliphatic rings. The molecule has 0 bridgehead atoms. The number of H-pyrrole nitrogens is 1. The van der Waals surface area contributed by atoms with Gasteiger partial charge < -0.3 is 15.2 Å². The van der Waals surface area contributed by atoms with Crippen LogP contribution in [-0.2, 0) is 22.7 Å². The minimum atomic E-state index is -5.08. The molecule has 3 N–H and O–H groups in total. The van der Waals surface area contributed by atoms with E-state index < -0.39 is 24.3 Å². The number of carbonyl (C=O) groups is 2. The summed E-state index contributed by atoms with van der Waals surface area (Å²) in [5.41, 5.74) is 7.14. The van der Waals surface area contributed by atoms with E-state index in [0.29, 0.717) is 0 Å². The van der Waals surface area contributed by atoms with E-state index in [9.17, 15) is 26.3 Å². The number of aromatic nitrogens is 3. The van der Waals surface area contributed by atoms with Gasteiger partial charge in [-0.2, -0.15) is 26.3 Å². The monoisotopic (exact) mass is 536 g/mol. The van der Waals surface area contributed by atoms with Gasteiger partial charge in [-0.25, -0.2) is 14.6 Å². The number of alkyl halides is 6. The van der Waals surface area contributed by atoms with Crippen LogP contribution in [0.3, 0.4) is 0 Å². The van der Waals surface area contributed by atoms with Crippen molar-refractivity contribution in [3.63, 3.8) is 0 Å². The predicted octanol–water partition coefficient (Wildman–Crippen LogP) is 5.09. The number of carboxylic acids is 2. The molecule has 0 aliphatic carbocycles. The van der Waals surface area contributed by atoms with E-state index in [4.69, 9.17) is 24.8 Å². The van der Waals surface area contributed by atoms with E-state index in [1.165, 1.54) is 22.1 Å². The highest BCUT2D eigenvalue weighted by Crippen LogP contribution is 2.24. The van der Waals surface area contributed by atoms with Crippen LogP contribution in [0.5, 0.6) is 0 Å². The zero-order chi connectivity index (χ0) is 28.7. The number of nitrogens with one attached hydrogen (secondary N) is 1. The predicted molar refractivity (Wildman–Crippen MR) is 122 cm³/mol. The van der Waals surface area contributed by atoms with Gasteiger partial charge in [0.1, 0.15) is 5.82 Å². The first-order chi connectivity index (χ1) is 16.8. The zero-order valence-corrected chi connectivity index (χ0v) is 20.5. The summed E-state index contributed by atoms with van der Waals surface area (Å²) in [6.07, 6.45) is -8.29. The van der Waals surface area contributed by atoms with Gasteiger partial charge in [0.25, 0.3) is 0 Å². The average molecular weight is 536 g/mol. The molecule has 0 saturated heterocycles. The SMILES string of the molecule is Cc1cc(C)c2nc(C)cc(CN(C)Cc3ncc(C)[nH]3)c2c1.O=C(O)C(F)(F)F.O=C(O)C(F)(F)F. The maximum Gasteiger partial charge on any atom is 0.490 e. The summed E-state index contributed by atoms with van der Waals surface area (Å²) in [6, 6.07) is 6.65. The Balaban J connectivity index is 0.000000404. The van der Waals surface area contributed by atoms with Gasteiger partial charge >= 0.3 is 24.3 Å². The maximum absolute atomic E-state index is 10.6. The van der Waals surface area contributed by atoms with Gasteiger partial charge in [0, 0.05) is 29.5 Å². The Labute approximate surface area is 208 Å². The van der Waals surface area contributed by atoms with Crippen LogP contribution in [0.1, 0.15) is 33.9 Å². The van der Waals surface area contributed by atoms with Crippen LogP contribution in [0.25, 0.3) is 10.9 Å². The Hall–Kier alpha value is -3.68. The zero-order valence-electron chi connectivity index (χ0n) is 20.5. The lowest BCUT2D eigenvalue weighted by molar-refractivity contribution is -0.193. The van der Waals surface area contributed by atoms with Crippen LogP contribution in [0.2, 0.25) is 0 Å². The molecule has 3 aromatic rings. The Bertz CT molecular complexity index is 1210. The number of imidazole rings is 1. The van der Waals surface area contributed by atoms with E-state index in [1.54, 1.807) is 0 Å². The highest BCUT2D eigenvalue weighted by Gasteiger charge is 2.38. The summed E-state index contributed by atoms with van der Waals surface area (Å²) in [4.78, 5) is 32.5. The van der Waals surface area contributed by atoms with Crippen molar-refractivity contribution in [3.05, 3.63) is 58.3 Å². The molecule has 0 unspecified atom stereocenters. The second-order valence-corrected chi connectivity index (χ2v) is 8.19. The van der Waals surface area contributed by atoms with Crippen molar-refractivity contribution in [2.45, 2.75) is 53.1 Å². The molecule has 0 fully saturated rings. The van der Waals surface area contributed by atoms with Crippen LogP contribution >= 0.6 is 0 Å². The summed E-state index contributed by atoms with van der Waals surface area (Å²) in [6.45, 7) is 10.1. The third kappa shape index (κ3) is 10.5. The van der Waals surface area contributed by atoms with Crippen molar-refractivity contribution >= 4 is 22.8 Å². The molecule has 3 rings (SSSR count). The van der Waals surface area contributed by atoms with Gasteiger partial charge in [-0.15, -0.1) is 0 Å². The molecule has 0 radical (unpaired) electrons. The first-order valence-corrected chi connectivity index (χ1v) is 10.5. The number of rotatable bonds is 4. The van der Waals surface area contributed by atoms with Gasteiger partial charge in [-0.1, -0.05) is 11.6 Å². The molecule has 0 atom stereocenters. The number of aromatic amines is 1. The molecule has 8 nitrogen and oxygen atoms in total. The number of hydrogen-bond acceptors (Lipinski definition) is 5. The first-order valence-electron chi connectivity index (χ1n) is 10.5. The number of aryl methyl sites for hydroxylation is 4. The van der Waals surface area contributed by atoms with Crippen molar-refractivity contribution in [1.29, 1.82) is 0 Å². The quantitative estimate of drug-likeness (QED) is 0.398. The Morgan fingerprint density at radius 1 is 0.919 bits per heavy atom. The largest absolute Gasteiger partial charge is 0.490 e. The summed E-state index contributed by atoms with van der Waals surface area (Å²) in [5, 5.41) is 15.5. The highest BCUT2D eigenvalue weighted by molar-refractivity contribution is 5.86. The molecular weight excluding hydrogens is 510 g/mol. The van der Waals surface area contributed by atoms with Crippen LogP contribution in [0.4, 0.5) is 26.3 Å². The van der Waals surface area contributed by atoms with Gasteiger partial charge in [0.15, 0.2) is 0 Å². The first kappa shape index (κ1) is 31.4. The lowest BCUT2D eigenvalue weighted by Gasteiger charge is -2.18. The minimum Gasteiger partial charge on any atom is -0.475 e. The number of halogens is 6. The normalized spacial score (nSPS) is 11.5. The summed E-state index contributed by atoms with van der Waals surface area (Å²) >= 11 is 0. The topological polar surface area (TPSA) is 119 Å². The van der Waals surface area contributed by atoms with Crippen LogP contribution < -0.4 is 0 Å². The number of benzene rings is 1. The average Bonchev–Trinajstić information content (AvgIpc) is 3.12. The number of nitrogens with zero attached hydrogens (tertiary/aromatic N) is 3. The lowest BCUT2D eigenvalue weighted by atomic mass is 10.0.